The summed E-state index contributed by atoms with van der Waals surface area (Å²) in [6.07, 6.45) is 3.35. The Morgan fingerprint density at radius 2 is 1.63 bits per heavy atom. The zero-order valence-corrected chi connectivity index (χ0v) is 16.5. The van der Waals surface area contributed by atoms with E-state index in [-0.39, 0.29) is 0 Å². The van der Waals surface area contributed by atoms with Crippen LogP contribution in [0.5, 0.6) is 5.75 Å². The van der Waals surface area contributed by atoms with Gasteiger partial charge >= 0.3 is 0 Å². The number of phenols is 1. The van der Waals surface area contributed by atoms with Gasteiger partial charge in [-0.15, -0.1) is 0 Å². The van der Waals surface area contributed by atoms with E-state index in [0.717, 1.165) is 27.4 Å². The average Bonchev–Trinajstić information content (AvgIpc) is 3.25. The lowest BCUT2D eigenvalue weighted by Crippen LogP contribution is -1.90. The number of aromatic hydroxyl groups is 1. The van der Waals surface area contributed by atoms with Crippen LogP contribution < -0.4 is 0 Å². The van der Waals surface area contributed by atoms with E-state index >= 15 is 0 Å². The summed E-state index contributed by atoms with van der Waals surface area (Å²) in [5.41, 5.74) is 5.34. The summed E-state index contributed by atoms with van der Waals surface area (Å²) < 4.78 is 0. The van der Waals surface area contributed by atoms with E-state index in [1.54, 1.807) is 0 Å². The Bertz CT molecular complexity index is 1400. The molecule has 0 atom stereocenters. The quantitative estimate of drug-likeness (QED) is 0.355. The Kier molecular flexibility index (Phi) is 4.71. The summed E-state index contributed by atoms with van der Waals surface area (Å²) in [5.74, 6) is 6.81. The number of benzene rings is 4. The molecule has 0 amide bonds. The van der Waals surface area contributed by atoms with E-state index in [1.807, 2.05) is 48.7 Å². The molecule has 0 saturated carbocycles. The maximum Gasteiger partial charge on any atom is 0.126 e. The molecule has 4 aromatic carbocycles. The highest BCUT2D eigenvalue weighted by molar-refractivity contribution is 5.90. The molecule has 1 heterocycles. The van der Waals surface area contributed by atoms with Crippen molar-refractivity contribution in [1.29, 1.82) is 0 Å². The molecule has 2 N–H and O–H groups in total. The third kappa shape index (κ3) is 3.66. The fourth-order valence-corrected chi connectivity index (χ4v) is 3.85. The average molecular weight is 387 g/mol. The van der Waals surface area contributed by atoms with E-state index in [2.05, 4.69) is 59.3 Å². The molecule has 2 heteroatoms. The molecule has 5 rings (SSSR count). The number of nitrogens with one attached hydrogen (secondary N) is 1. The zero-order valence-electron chi connectivity index (χ0n) is 16.5. The fourth-order valence-electron chi connectivity index (χ4n) is 3.85. The van der Waals surface area contributed by atoms with Gasteiger partial charge in [0.1, 0.15) is 5.75 Å². The summed E-state index contributed by atoms with van der Waals surface area (Å²) in [4.78, 5) is 3.22. The lowest BCUT2D eigenvalue weighted by molar-refractivity contribution is 0.476. The molecule has 5 aromatic rings. The van der Waals surface area contributed by atoms with Crippen LogP contribution in [0.2, 0.25) is 0 Å². The number of phenolic OH excluding ortho intramolecular Hbond substituents is 1. The summed E-state index contributed by atoms with van der Waals surface area (Å²) in [5, 5.41) is 14.0. The first-order valence-corrected chi connectivity index (χ1v) is 10.1. The van der Waals surface area contributed by atoms with Gasteiger partial charge < -0.3 is 10.1 Å². The van der Waals surface area contributed by atoms with Crippen molar-refractivity contribution in [3.8, 4) is 17.6 Å². The van der Waals surface area contributed by atoms with Crippen LogP contribution >= 0.6 is 0 Å². The second kappa shape index (κ2) is 7.81. The first-order valence-electron chi connectivity index (χ1n) is 10.1. The predicted octanol–water partition coefficient (Wildman–Crippen LogP) is 6.21. The molecule has 0 fully saturated rings. The third-order valence-electron chi connectivity index (χ3n) is 5.46. The Hall–Kier alpha value is -3.96. The molecule has 1 aromatic heterocycles. The van der Waals surface area contributed by atoms with Crippen molar-refractivity contribution in [2.24, 2.45) is 0 Å². The Balaban J connectivity index is 1.44. The van der Waals surface area contributed by atoms with Crippen LogP contribution in [0.3, 0.4) is 0 Å². The van der Waals surface area contributed by atoms with Crippen molar-refractivity contribution in [2.75, 3.05) is 0 Å². The van der Waals surface area contributed by atoms with Crippen molar-refractivity contribution < 1.29 is 5.11 Å². The predicted molar refractivity (Wildman–Crippen MR) is 124 cm³/mol. The number of aromatic nitrogens is 1. The van der Waals surface area contributed by atoms with E-state index in [4.69, 9.17) is 0 Å². The zero-order chi connectivity index (χ0) is 20.3. The van der Waals surface area contributed by atoms with Crippen molar-refractivity contribution in [1.82, 2.24) is 4.98 Å². The molecule has 30 heavy (non-hydrogen) atoms. The number of hydrogen-bond acceptors (Lipinski definition) is 1. The van der Waals surface area contributed by atoms with Gasteiger partial charge in [0.15, 0.2) is 0 Å². The summed E-state index contributed by atoms with van der Waals surface area (Å²) in [6, 6.07) is 28.8. The van der Waals surface area contributed by atoms with E-state index in [9.17, 15) is 5.11 Å². The number of H-pyrrole nitrogens is 1. The summed E-state index contributed by atoms with van der Waals surface area (Å²) in [7, 11) is 0. The molecule has 2 nitrogen and oxygen atoms in total. The van der Waals surface area contributed by atoms with E-state index < -0.39 is 0 Å². The largest absolute Gasteiger partial charge is 0.507 e. The topological polar surface area (TPSA) is 36.0 Å². The number of rotatable bonds is 3. The number of hydrogen-bond donors (Lipinski definition) is 2. The van der Waals surface area contributed by atoms with Crippen LogP contribution in [0.15, 0.2) is 91.1 Å². The van der Waals surface area contributed by atoms with Crippen molar-refractivity contribution in [2.45, 2.75) is 12.8 Å². The highest BCUT2D eigenvalue weighted by atomic mass is 16.3. The number of fused-ring (bicyclic) bond motifs is 2. The van der Waals surface area contributed by atoms with E-state index in [1.165, 1.54) is 16.5 Å². The van der Waals surface area contributed by atoms with Gasteiger partial charge in [-0.25, -0.2) is 0 Å². The van der Waals surface area contributed by atoms with Gasteiger partial charge in [-0.2, -0.15) is 0 Å². The van der Waals surface area contributed by atoms with Gasteiger partial charge in [-0.05, 0) is 57.8 Å². The molecule has 0 spiro atoms. The molecule has 0 saturated heterocycles. The minimum atomic E-state index is 0.341. The molecular formula is C28H21NO. The van der Waals surface area contributed by atoms with Crippen LogP contribution in [-0.2, 0) is 12.8 Å². The Labute approximate surface area is 175 Å². The minimum absolute atomic E-state index is 0.341. The Morgan fingerprint density at radius 1 is 0.767 bits per heavy atom. The molecule has 0 aliphatic carbocycles. The molecular weight excluding hydrogens is 366 g/mol. The summed E-state index contributed by atoms with van der Waals surface area (Å²) in [6.45, 7) is 0. The Morgan fingerprint density at radius 3 is 2.53 bits per heavy atom. The van der Waals surface area contributed by atoms with Gasteiger partial charge in [0.2, 0.25) is 0 Å². The molecule has 0 unspecified atom stereocenters. The minimum Gasteiger partial charge on any atom is -0.507 e. The second-order valence-electron chi connectivity index (χ2n) is 7.55. The lowest BCUT2D eigenvalue weighted by Gasteiger charge is -2.09. The monoisotopic (exact) mass is 387 g/mol. The van der Waals surface area contributed by atoms with Crippen LogP contribution in [0.4, 0.5) is 0 Å². The van der Waals surface area contributed by atoms with Gasteiger partial charge in [0, 0.05) is 35.5 Å². The molecule has 0 bridgehead atoms. The van der Waals surface area contributed by atoms with Gasteiger partial charge in [-0.1, -0.05) is 66.4 Å². The highest BCUT2D eigenvalue weighted by Gasteiger charge is 2.09. The van der Waals surface area contributed by atoms with Crippen LogP contribution in [0, 0.1) is 11.8 Å². The number of aromatic amines is 1. The maximum atomic E-state index is 11.0. The summed E-state index contributed by atoms with van der Waals surface area (Å²) >= 11 is 0. The van der Waals surface area contributed by atoms with Gasteiger partial charge in [0.05, 0.1) is 0 Å². The molecule has 0 aliphatic heterocycles. The second-order valence-corrected chi connectivity index (χ2v) is 7.55. The standard InChI is InChI=1S/C28H21NO/c30-28-25(18-22-10-14-27-24(17-22)15-16-29-27)13-12-23-11-9-21(19-26(23)28)8-4-7-20-5-2-1-3-6-20/h1-3,5-6,9-17,19,29-30H,7,18H2. The normalized spacial score (nSPS) is 10.8. The molecule has 0 aliphatic rings. The van der Waals surface area contributed by atoms with Crippen LogP contribution in [0.1, 0.15) is 22.3 Å². The van der Waals surface area contributed by atoms with Crippen molar-refractivity contribution >= 4 is 21.7 Å². The molecule has 144 valence electrons. The highest BCUT2D eigenvalue weighted by Crippen LogP contribution is 2.31. The van der Waals surface area contributed by atoms with Crippen molar-refractivity contribution in [3.05, 3.63) is 113 Å². The first-order chi connectivity index (χ1) is 14.8. The first kappa shape index (κ1) is 18.1. The fraction of sp³-hybridized carbons (Fsp3) is 0.0714. The van der Waals surface area contributed by atoms with Crippen molar-refractivity contribution in [3.63, 3.8) is 0 Å². The van der Waals surface area contributed by atoms with Crippen LogP contribution in [0.25, 0.3) is 21.7 Å². The third-order valence-corrected chi connectivity index (χ3v) is 5.46. The molecule has 0 radical (unpaired) electrons. The van der Waals surface area contributed by atoms with Gasteiger partial charge in [-0.3, -0.25) is 0 Å². The van der Waals surface area contributed by atoms with Gasteiger partial charge in [0.25, 0.3) is 0 Å². The van der Waals surface area contributed by atoms with E-state index in [0.29, 0.717) is 18.6 Å². The van der Waals surface area contributed by atoms with Crippen LogP contribution in [-0.4, -0.2) is 10.1 Å². The lowest BCUT2D eigenvalue weighted by atomic mass is 9.98. The SMILES string of the molecule is Oc1c(Cc2ccc3[nH]ccc3c2)ccc2ccc(C#CCc3ccccc3)cc12. The maximum absolute atomic E-state index is 11.0. The smallest absolute Gasteiger partial charge is 0.126 e.